The van der Waals surface area contributed by atoms with Crippen molar-refractivity contribution in [3.8, 4) is 5.75 Å². The quantitative estimate of drug-likeness (QED) is 0.537. The van der Waals surface area contributed by atoms with Crippen LogP contribution in [0, 0.1) is 24.7 Å². The Hall–Kier alpha value is -1.28. The predicted molar refractivity (Wildman–Crippen MR) is 110 cm³/mol. The molecule has 4 saturated carbocycles. The SMILES string of the molecule is Cc1cc(OCc2ccccc2)c(C23CC4CC(CC(C4)C2)C3)cc1Br. The molecule has 0 spiro atoms. The maximum Gasteiger partial charge on any atom is 0.123 e. The Kier molecular flexibility index (Phi) is 4.15. The van der Waals surface area contributed by atoms with Gasteiger partial charge in [0.1, 0.15) is 12.4 Å². The summed E-state index contributed by atoms with van der Waals surface area (Å²) >= 11 is 3.80. The molecule has 4 aliphatic carbocycles. The average molecular weight is 411 g/mol. The van der Waals surface area contributed by atoms with Gasteiger partial charge in [-0.1, -0.05) is 46.3 Å². The van der Waals surface area contributed by atoms with Crippen molar-refractivity contribution in [3.63, 3.8) is 0 Å². The first kappa shape index (κ1) is 16.9. The van der Waals surface area contributed by atoms with Gasteiger partial charge in [-0.15, -0.1) is 0 Å². The fourth-order valence-electron chi connectivity index (χ4n) is 6.36. The highest BCUT2D eigenvalue weighted by Gasteiger charge is 2.52. The summed E-state index contributed by atoms with van der Waals surface area (Å²) in [4.78, 5) is 0. The fourth-order valence-corrected chi connectivity index (χ4v) is 6.71. The van der Waals surface area contributed by atoms with Crippen LogP contribution in [0.3, 0.4) is 0 Å². The molecule has 2 heteroatoms. The monoisotopic (exact) mass is 410 g/mol. The highest BCUT2D eigenvalue weighted by atomic mass is 79.9. The Morgan fingerprint density at radius 2 is 1.58 bits per heavy atom. The van der Waals surface area contributed by atoms with E-state index in [0.29, 0.717) is 12.0 Å². The van der Waals surface area contributed by atoms with E-state index in [4.69, 9.17) is 4.74 Å². The number of halogens is 1. The maximum atomic E-state index is 6.43. The Balaban J connectivity index is 1.51. The van der Waals surface area contributed by atoms with Gasteiger partial charge >= 0.3 is 0 Å². The summed E-state index contributed by atoms with van der Waals surface area (Å²) < 4.78 is 7.66. The number of ether oxygens (including phenoxy) is 1. The third-order valence-electron chi connectivity index (χ3n) is 7.11. The molecule has 136 valence electrons. The maximum absolute atomic E-state index is 6.43. The highest BCUT2D eigenvalue weighted by Crippen LogP contribution is 2.62. The third-order valence-corrected chi connectivity index (χ3v) is 7.96. The van der Waals surface area contributed by atoms with E-state index in [1.165, 1.54) is 59.7 Å². The predicted octanol–water partition coefficient (Wildman–Crippen LogP) is 6.80. The molecule has 0 amide bonds. The first-order valence-electron chi connectivity index (χ1n) is 10.1. The van der Waals surface area contributed by atoms with Crippen molar-refractivity contribution in [1.29, 1.82) is 0 Å². The van der Waals surface area contributed by atoms with Crippen LogP contribution in [0.1, 0.15) is 55.2 Å². The molecule has 4 bridgehead atoms. The van der Waals surface area contributed by atoms with Crippen molar-refractivity contribution in [3.05, 3.63) is 63.6 Å². The van der Waals surface area contributed by atoms with Gasteiger partial charge in [0.2, 0.25) is 0 Å². The minimum absolute atomic E-state index is 0.358. The topological polar surface area (TPSA) is 9.23 Å². The number of hydrogen-bond acceptors (Lipinski definition) is 1. The van der Waals surface area contributed by atoms with Gasteiger partial charge in [0.15, 0.2) is 0 Å². The Morgan fingerprint density at radius 1 is 0.962 bits per heavy atom. The molecule has 0 radical (unpaired) electrons. The van der Waals surface area contributed by atoms with Gasteiger partial charge in [-0.25, -0.2) is 0 Å². The van der Waals surface area contributed by atoms with Crippen molar-refractivity contribution in [2.75, 3.05) is 0 Å². The molecule has 2 aromatic carbocycles. The van der Waals surface area contributed by atoms with Crippen LogP contribution < -0.4 is 4.74 Å². The summed E-state index contributed by atoms with van der Waals surface area (Å²) in [5.74, 6) is 3.96. The summed E-state index contributed by atoms with van der Waals surface area (Å²) in [5, 5.41) is 0. The Labute approximate surface area is 165 Å². The molecule has 6 rings (SSSR count). The van der Waals surface area contributed by atoms with Gasteiger partial charge in [-0.05, 0) is 91.9 Å². The molecule has 26 heavy (non-hydrogen) atoms. The second-order valence-corrected chi connectivity index (χ2v) is 9.92. The van der Waals surface area contributed by atoms with E-state index >= 15 is 0 Å². The average Bonchev–Trinajstić information content (AvgIpc) is 2.62. The van der Waals surface area contributed by atoms with Gasteiger partial charge in [-0.2, -0.15) is 0 Å². The molecule has 0 saturated heterocycles. The summed E-state index contributed by atoms with van der Waals surface area (Å²) in [6.07, 6.45) is 8.55. The molecule has 0 atom stereocenters. The second-order valence-electron chi connectivity index (χ2n) is 9.07. The first-order chi connectivity index (χ1) is 12.6. The zero-order valence-electron chi connectivity index (χ0n) is 15.5. The number of benzene rings is 2. The smallest absolute Gasteiger partial charge is 0.123 e. The number of hydrogen-bond donors (Lipinski definition) is 0. The lowest BCUT2D eigenvalue weighted by Gasteiger charge is -2.57. The molecule has 0 aromatic heterocycles. The van der Waals surface area contributed by atoms with E-state index < -0.39 is 0 Å². The van der Waals surface area contributed by atoms with Crippen LogP contribution in [0.25, 0.3) is 0 Å². The molecule has 0 N–H and O–H groups in total. The molecular weight excluding hydrogens is 384 g/mol. The third kappa shape index (κ3) is 2.91. The largest absolute Gasteiger partial charge is 0.489 e. The van der Waals surface area contributed by atoms with Crippen LogP contribution in [-0.4, -0.2) is 0 Å². The zero-order chi connectivity index (χ0) is 17.7. The summed E-state index contributed by atoms with van der Waals surface area (Å²) in [7, 11) is 0. The number of rotatable bonds is 4. The van der Waals surface area contributed by atoms with Crippen molar-refractivity contribution >= 4 is 15.9 Å². The van der Waals surface area contributed by atoms with E-state index in [-0.39, 0.29) is 0 Å². The molecule has 4 fully saturated rings. The standard InChI is InChI=1S/C24H27BrO/c1-16-7-23(26-15-17-5-3-2-4-6-17)21(11-22(16)25)24-12-18-8-19(13-24)10-20(9-18)14-24/h2-7,11,18-20H,8-10,12-15H2,1H3. The van der Waals surface area contributed by atoms with E-state index in [2.05, 4.69) is 65.3 Å². The van der Waals surface area contributed by atoms with Crippen LogP contribution in [0.4, 0.5) is 0 Å². The van der Waals surface area contributed by atoms with Crippen molar-refractivity contribution in [1.82, 2.24) is 0 Å². The number of aryl methyl sites for hydroxylation is 1. The lowest BCUT2D eigenvalue weighted by molar-refractivity contribution is -0.00650. The van der Waals surface area contributed by atoms with Gasteiger partial charge in [0.25, 0.3) is 0 Å². The van der Waals surface area contributed by atoms with Gasteiger partial charge in [0, 0.05) is 10.0 Å². The van der Waals surface area contributed by atoms with Gasteiger partial charge in [-0.3, -0.25) is 0 Å². The highest BCUT2D eigenvalue weighted by molar-refractivity contribution is 9.10. The van der Waals surface area contributed by atoms with Crippen molar-refractivity contribution < 1.29 is 4.74 Å². The fraction of sp³-hybridized carbons (Fsp3) is 0.500. The van der Waals surface area contributed by atoms with Crippen LogP contribution in [-0.2, 0) is 12.0 Å². The van der Waals surface area contributed by atoms with Crippen molar-refractivity contribution in [2.45, 2.75) is 57.5 Å². The van der Waals surface area contributed by atoms with Gasteiger partial charge < -0.3 is 4.74 Å². The Morgan fingerprint density at radius 3 is 2.19 bits per heavy atom. The van der Waals surface area contributed by atoms with E-state index in [1.807, 2.05) is 0 Å². The molecular formula is C24H27BrO. The van der Waals surface area contributed by atoms with Crippen LogP contribution in [0.2, 0.25) is 0 Å². The van der Waals surface area contributed by atoms with Crippen molar-refractivity contribution in [2.24, 2.45) is 17.8 Å². The lowest BCUT2D eigenvalue weighted by atomic mass is 9.48. The van der Waals surface area contributed by atoms with Crippen LogP contribution in [0.15, 0.2) is 46.9 Å². The van der Waals surface area contributed by atoms with E-state index in [1.54, 1.807) is 0 Å². The Bertz CT molecular complexity index is 775. The zero-order valence-corrected chi connectivity index (χ0v) is 17.1. The van der Waals surface area contributed by atoms with Crippen LogP contribution in [0.5, 0.6) is 5.75 Å². The van der Waals surface area contributed by atoms with E-state index in [9.17, 15) is 0 Å². The van der Waals surface area contributed by atoms with E-state index in [0.717, 1.165) is 23.5 Å². The molecule has 2 aromatic rings. The van der Waals surface area contributed by atoms with Gasteiger partial charge in [0.05, 0.1) is 0 Å². The first-order valence-corrected chi connectivity index (χ1v) is 10.9. The second kappa shape index (κ2) is 6.41. The summed E-state index contributed by atoms with van der Waals surface area (Å²) in [6.45, 7) is 2.82. The van der Waals surface area contributed by atoms with Crippen LogP contribution >= 0.6 is 15.9 Å². The summed E-state index contributed by atoms with van der Waals surface area (Å²) in [6, 6.07) is 15.2. The molecule has 4 aliphatic rings. The minimum Gasteiger partial charge on any atom is -0.489 e. The molecule has 0 heterocycles. The summed E-state index contributed by atoms with van der Waals surface area (Å²) in [5.41, 5.74) is 4.34. The molecule has 0 aliphatic heterocycles. The lowest BCUT2D eigenvalue weighted by Crippen LogP contribution is -2.48. The normalized spacial score (nSPS) is 32.0. The molecule has 0 unspecified atom stereocenters. The minimum atomic E-state index is 0.358. The molecule has 1 nitrogen and oxygen atoms in total.